The van der Waals surface area contributed by atoms with Crippen molar-refractivity contribution >= 4 is 5.91 Å². The summed E-state index contributed by atoms with van der Waals surface area (Å²) >= 11 is 0. The van der Waals surface area contributed by atoms with Crippen molar-refractivity contribution in [1.82, 2.24) is 20.3 Å². The first-order valence-corrected chi connectivity index (χ1v) is 7.50. The highest BCUT2D eigenvalue weighted by Crippen LogP contribution is 2.40. The number of H-pyrrole nitrogens is 1. The fourth-order valence-electron chi connectivity index (χ4n) is 2.99. The van der Waals surface area contributed by atoms with Gasteiger partial charge in [0, 0.05) is 18.5 Å². The van der Waals surface area contributed by atoms with E-state index >= 15 is 0 Å². The molecular weight excluding hydrogens is 264 g/mol. The Labute approximate surface area is 123 Å². The summed E-state index contributed by atoms with van der Waals surface area (Å²) in [5.74, 6) is 0.782. The lowest BCUT2D eigenvalue weighted by Gasteiger charge is -2.26. The lowest BCUT2D eigenvalue weighted by atomic mass is 10.0. The topological polar surface area (TPSA) is 61.9 Å². The highest BCUT2D eigenvalue weighted by molar-refractivity contribution is 5.96. The minimum absolute atomic E-state index is 0.114. The lowest BCUT2D eigenvalue weighted by Crippen LogP contribution is -2.36. The fourth-order valence-corrected chi connectivity index (χ4v) is 2.99. The van der Waals surface area contributed by atoms with Crippen LogP contribution in [0.2, 0.25) is 0 Å². The molecule has 1 aromatic carbocycles. The Hall–Kier alpha value is -2.17. The van der Waals surface area contributed by atoms with Crippen LogP contribution in [0.4, 0.5) is 0 Å². The predicted octanol–water partition coefficient (Wildman–Crippen LogP) is 2.19. The number of nitrogens with zero attached hydrogens (tertiary/aromatic N) is 3. The van der Waals surface area contributed by atoms with Gasteiger partial charge in [0.05, 0.1) is 12.2 Å². The third kappa shape index (κ3) is 2.22. The van der Waals surface area contributed by atoms with Crippen LogP contribution in [0.5, 0.6) is 0 Å². The first-order chi connectivity index (χ1) is 10.2. The number of hydrogen-bond donors (Lipinski definition) is 1. The average Bonchev–Trinajstić information content (AvgIpc) is 3.24. The molecule has 1 aliphatic heterocycles. The standard InChI is InChI=1S/C16H18N4O/c1-10-2-3-12(11-4-5-11)8-13(10)16(21)20-7-6-14-15(9-20)18-19-17-14/h2-3,8,11H,4-7,9H2,1H3,(H,17,18,19). The van der Waals surface area contributed by atoms with Crippen molar-refractivity contribution < 1.29 is 4.79 Å². The van der Waals surface area contributed by atoms with E-state index in [1.54, 1.807) is 0 Å². The molecule has 0 bridgehead atoms. The van der Waals surface area contributed by atoms with E-state index in [-0.39, 0.29) is 5.91 Å². The molecular formula is C16H18N4O. The van der Waals surface area contributed by atoms with Crippen molar-refractivity contribution in [3.05, 3.63) is 46.3 Å². The summed E-state index contributed by atoms with van der Waals surface area (Å²) in [6.45, 7) is 3.28. The zero-order valence-electron chi connectivity index (χ0n) is 12.1. The normalized spacial score (nSPS) is 17.7. The van der Waals surface area contributed by atoms with E-state index in [1.165, 1.54) is 18.4 Å². The molecule has 0 saturated heterocycles. The zero-order valence-corrected chi connectivity index (χ0v) is 12.1. The second kappa shape index (κ2) is 4.69. The molecule has 108 valence electrons. The molecule has 0 atom stereocenters. The van der Waals surface area contributed by atoms with Crippen molar-refractivity contribution in [2.75, 3.05) is 6.54 Å². The number of fused-ring (bicyclic) bond motifs is 1. The molecule has 21 heavy (non-hydrogen) atoms. The molecule has 1 amide bonds. The molecule has 1 aliphatic carbocycles. The average molecular weight is 282 g/mol. The summed E-state index contributed by atoms with van der Waals surface area (Å²) in [6.07, 6.45) is 3.28. The van der Waals surface area contributed by atoms with Crippen LogP contribution in [-0.4, -0.2) is 32.8 Å². The number of rotatable bonds is 2. The summed E-state index contributed by atoms with van der Waals surface area (Å²) in [4.78, 5) is 14.7. The molecule has 0 radical (unpaired) electrons. The Morgan fingerprint density at radius 2 is 2.10 bits per heavy atom. The summed E-state index contributed by atoms with van der Waals surface area (Å²) in [6, 6.07) is 6.33. The van der Waals surface area contributed by atoms with Crippen molar-refractivity contribution in [3.8, 4) is 0 Å². The smallest absolute Gasteiger partial charge is 0.254 e. The first kappa shape index (κ1) is 12.6. The predicted molar refractivity (Wildman–Crippen MR) is 78.0 cm³/mol. The van der Waals surface area contributed by atoms with E-state index < -0.39 is 0 Å². The Balaban J connectivity index is 1.61. The Morgan fingerprint density at radius 1 is 1.29 bits per heavy atom. The maximum Gasteiger partial charge on any atom is 0.254 e. The number of aryl methyl sites for hydroxylation is 1. The van der Waals surface area contributed by atoms with Gasteiger partial charge >= 0.3 is 0 Å². The first-order valence-electron chi connectivity index (χ1n) is 7.50. The third-order valence-corrected chi connectivity index (χ3v) is 4.49. The van der Waals surface area contributed by atoms with E-state index in [4.69, 9.17) is 0 Å². The Bertz CT molecular complexity index is 702. The highest BCUT2D eigenvalue weighted by atomic mass is 16.2. The monoisotopic (exact) mass is 282 g/mol. The van der Waals surface area contributed by atoms with E-state index in [0.717, 1.165) is 28.9 Å². The molecule has 0 unspecified atom stereocenters. The van der Waals surface area contributed by atoms with Crippen LogP contribution in [0, 0.1) is 6.92 Å². The molecule has 1 saturated carbocycles. The van der Waals surface area contributed by atoms with Gasteiger partial charge in [-0.15, -0.1) is 0 Å². The van der Waals surface area contributed by atoms with Crippen LogP contribution in [0.3, 0.4) is 0 Å². The highest BCUT2D eigenvalue weighted by Gasteiger charge is 2.28. The van der Waals surface area contributed by atoms with Crippen LogP contribution in [-0.2, 0) is 13.0 Å². The number of aromatic amines is 1. The molecule has 1 N–H and O–H groups in total. The van der Waals surface area contributed by atoms with Gasteiger partial charge in [-0.25, -0.2) is 0 Å². The SMILES string of the molecule is Cc1ccc(C2CC2)cc1C(=O)N1CCc2n[nH]nc2C1. The summed E-state index contributed by atoms with van der Waals surface area (Å²) in [5, 5.41) is 10.9. The number of aromatic nitrogens is 3. The molecule has 5 nitrogen and oxygen atoms in total. The van der Waals surface area contributed by atoms with Gasteiger partial charge in [-0.2, -0.15) is 15.4 Å². The van der Waals surface area contributed by atoms with Crippen molar-refractivity contribution in [2.45, 2.75) is 38.6 Å². The lowest BCUT2D eigenvalue weighted by molar-refractivity contribution is 0.0731. The molecule has 1 fully saturated rings. The number of hydrogen-bond acceptors (Lipinski definition) is 3. The van der Waals surface area contributed by atoms with Crippen LogP contribution >= 0.6 is 0 Å². The van der Waals surface area contributed by atoms with Gasteiger partial charge < -0.3 is 4.90 Å². The molecule has 5 heteroatoms. The minimum atomic E-state index is 0.114. The van der Waals surface area contributed by atoms with Gasteiger partial charge in [0.1, 0.15) is 5.69 Å². The van der Waals surface area contributed by atoms with E-state index in [2.05, 4.69) is 33.6 Å². The number of amides is 1. The number of carbonyl (C=O) groups excluding carboxylic acids is 1. The zero-order chi connectivity index (χ0) is 14.4. The molecule has 2 heterocycles. The van der Waals surface area contributed by atoms with Crippen LogP contribution in [0.1, 0.15) is 51.6 Å². The van der Waals surface area contributed by atoms with Crippen molar-refractivity contribution in [2.24, 2.45) is 0 Å². The minimum Gasteiger partial charge on any atom is -0.332 e. The van der Waals surface area contributed by atoms with Gasteiger partial charge in [-0.05, 0) is 42.9 Å². The van der Waals surface area contributed by atoms with E-state index in [1.807, 2.05) is 11.8 Å². The van der Waals surface area contributed by atoms with Crippen molar-refractivity contribution in [1.29, 1.82) is 0 Å². The molecule has 1 aromatic heterocycles. The molecule has 2 aromatic rings. The maximum atomic E-state index is 12.8. The van der Waals surface area contributed by atoms with Gasteiger partial charge in [-0.1, -0.05) is 12.1 Å². The van der Waals surface area contributed by atoms with Crippen LogP contribution in [0.25, 0.3) is 0 Å². The third-order valence-electron chi connectivity index (χ3n) is 4.49. The van der Waals surface area contributed by atoms with Gasteiger partial charge in [0.15, 0.2) is 0 Å². The van der Waals surface area contributed by atoms with Crippen LogP contribution in [0.15, 0.2) is 18.2 Å². The summed E-state index contributed by atoms with van der Waals surface area (Å²) < 4.78 is 0. The molecule has 4 rings (SSSR count). The van der Waals surface area contributed by atoms with Gasteiger partial charge in [-0.3, -0.25) is 4.79 Å². The quantitative estimate of drug-likeness (QED) is 0.918. The van der Waals surface area contributed by atoms with Crippen LogP contribution < -0.4 is 0 Å². The number of nitrogens with one attached hydrogen (secondary N) is 1. The number of benzene rings is 1. The van der Waals surface area contributed by atoms with E-state index in [0.29, 0.717) is 19.0 Å². The molecule has 2 aliphatic rings. The second-order valence-corrected chi connectivity index (χ2v) is 6.04. The summed E-state index contributed by atoms with van der Waals surface area (Å²) in [5.41, 5.74) is 5.08. The fraction of sp³-hybridized carbons (Fsp3) is 0.438. The second-order valence-electron chi connectivity index (χ2n) is 6.04. The maximum absolute atomic E-state index is 12.8. The molecule has 0 spiro atoms. The van der Waals surface area contributed by atoms with Gasteiger partial charge in [0.25, 0.3) is 5.91 Å². The largest absolute Gasteiger partial charge is 0.332 e. The van der Waals surface area contributed by atoms with Gasteiger partial charge in [0.2, 0.25) is 0 Å². The summed E-state index contributed by atoms with van der Waals surface area (Å²) in [7, 11) is 0. The van der Waals surface area contributed by atoms with Crippen molar-refractivity contribution in [3.63, 3.8) is 0 Å². The Morgan fingerprint density at radius 3 is 2.90 bits per heavy atom. The number of carbonyl (C=O) groups is 1. The Kier molecular flexibility index (Phi) is 2.80. The van der Waals surface area contributed by atoms with E-state index in [9.17, 15) is 4.79 Å².